The zero-order valence-corrected chi connectivity index (χ0v) is 23.7. The molecule has 0 bridgehead atoms. The van der Waals surface area contributed by atoms with E-state index in [2.05, 4.69) is 5.32 Å². The van der Waals surface area contributed by atoms with Crippen molar-refractivity contribution in [2.45, 2.75) is 45.2 Å². The van der Waals surface area contributed by atoms with Crippen LogP contribution in [-0.2, 0) is 26.2 Å². The number of aryl methyl sites for hydroxylation is 1. The first-order valence-corrected chi connectivity index (χ1v) is 14.3. The first-order valence-electron chi connectivity index (χ1n) is 12.5. The van der Waals surface area contributed by atoms with Gasteiger partial charge in [-0.2, -0.15) is 0 Å². The number of amides is 2. The van der Waals surface area contributed by atoms with Crippen LogP contribution in [0.5, 0.6) is 0 Å². The minimum atomic E-state index is -4.09. The maximum Gasteiger partial charge on any atom is 0.264 e. The number of nitrogens with one attached hydrogen (secondary N) is 1. The molecule has 7 nitrogen and oxygen atoms in total. The predicted molar refractivity (Wildman–Crippen MR) is 151 cm³/mol. The molecule has 0 fully saturated rings. The van der Waals surface area contributed by atoms with Crippen LogP contribution in [0, 0.1) is 12.8 Å². The van der Waals surface area contributed by atoms with Crippen molar-refractivity contribution in [3.8, 4) is 0 Å². The minimum absolute atomic E-state index is 0.0435. The van der Waals surface area contributed by atoms with E-state index < -0.39 is 28.5 Å². The van der Waals surface area contributed by atoms with Crippen LogP contribution in [0.4, 0.5) is 5.69 Å². The molecule has 38 heavy (non-hydrogen) atoms. The van der Waals surface area contributed by atoms with E-state index in [1.807, 2.05) is 26.8 Å². The molecule has 0 unspecified atom stereocenters. The molecule has 0 aliphatic rings. The van der Waals surface area contributed by atoms with Gasteiger partial charge in [0.05, 0.1) is 10.6 Å². The second kappa shape index (κ2) is 12.9. The molecule has 0 heterocycles. The first-order chi connectivity index (χ1) is 18.0. The minimum Gasteiger partial charge on any atom is -0.354 e. The lowest BCUT2D eigenvalue weighted by Gasteiger charge is -2.32. The van der Waals surface area contributed by atoms with Gasteiger partial charge < -0.3 is 10.2 Å². The van der Waals surface area contributed by atoms with E-state index in [0.717, 1.165) is 9.87 Å². The number of carbonyl (C=O) groups excluding carboxylic acids is 2. The summed E-state index contributed by atoms with van der Waals surface area (Å²) in [6, 6.07) is 21.1. The molecule has 0 saturated heterocycles. The maximum absolute atomic E-state index is 13.9. The second-order valence-corrected chi connectivity index (χ2v) is 11.9. The Balaban J connectivity index is 2.01. The fraction of sp³-hybridized carbons (Fsp3) is 0.310. The van der Waals surface area contributed by atoms with Crippen molar-refractivity contribution in [2.24, 2.45) is 5.92 Å². The van der Waals surface area contributed by atoms with Gasteiger partial charge in [0.15, 0.2) is 0 Å². The largest absolute Gasteiger partial charge is 0.354 e. The number of carbonyl (C=O) groups is 2. The summed E-state index contributed by atoms with van der Waals surface area (Å²) in [6.07, 6.45) is 0. The van der Waals surface area contributed by atoms with Crippen LogP contribution in [0.15, 0.2) is 83.8 Å². The molecular weight excluding hydrogens is 522 g/mol. The molecule has 0 radical (unpaired) electrons. The molecule has 0 spiro atoms. The monoisotopic (exact) mass is 555 g/mol. The molecule has 2 amide bonds. The van der Waals surface area contributed by atoms with Gasteiger partial charge in [-0.15, -0.1) is 0 Å². The summed E-state index contributed by atoms with van der Waals surface area (Å²) < 4.78 is 28.6. The average molecular weight is 556 g/mol. The predicted octanol–water partition coefficient (Wildman–Crippen LogP) is 5.03. The highest BCUT2D eigenvalue weighted by Crippen LogP contribution is 2.26. The van der Waals surface area contributed by atoms with Crippen LogP contribution < -0.4 is 9.62 Å². The summed E-state index contributed by atoms with van der Waals surface area (Å²) >= 11 is 6.39. The van der Waals surface area contributed by atoms with Crippen LogP contribution in [0.3, 0.4) is 0 Å². The normalized spacial score (nSPS) is 12.2. The van der Waals surface area contributed by atoms with Gasteiger partial charge in [0.1, 0.15) is 12.6 Å². The van der Waals surface area contributed by atoms with Gasteiger partial charge in [-0.25, -0.2) is 8.42 Å². The summed E-state index contributed by atoms with van der Waals surface area (Å²) in [4.78, 5) is 28.3. The molecule has 9 heteroatoms. The first kappa shape index (κ1) is 29.2. The molecule has 0 aromatic heterocycles. The highest BCUT2D eigenvalue weighted by molar-refractivity contribution is 7.92. The van der Waals surface area contributed by atoms with Crippen LogP contribution >= 0.6 is 11.6 Å². The Kier molecular flexibility index (Phi) is 9.94. The highest BCUT2D eigenvalue weighted by atomic mass is 35.5. The van der Waals surface area contributed by atoms with Crippen LogP contribution in [0.25, 0.3) is 0 Å². The average Bonchev–Trinajstić information content (AvgIpc) is 2.89. The van der Waals surface area contributed by atoms with Crippen molar-refractivity contribution in [3.63, 3.8) is 0 Å². The third-order valence-electron chi connectivity index (χ3n) is 6.05. The molecule has 0 aliphatic carbocycles. The lowest BCUT2D eigenvalue weighted by atomic mass is 10.1. The van der Waals surface area contributed by atoms with Gasteiger partial charge in [0.25, 0.3) is 10.0 Å². The number of hydrogen-bond acceptors (Lipinski definition) is 4. The fourth-order valence-corrected chi connectivity index (χ4v) is 5.50. The van der Waals surface area contributed by atoms with Gasteiger partial charge in [0.2, 0.25) is 11.8 Å². The number of benzene rings is 3. The van der Waals surface area contributed by atoms with Crippen LogP contribution in [-0.4, -0.2) is 44.3 Å². The highest BCUT2D eigenvalue weighted by Gasteiger charge is 2.32. The van der Waals surface area contributed by atoms with Crippen molar-refractivity contribution < 1.29 is 18.0 Å². The number of nitrogens with zero attached hydrogens (tertiary/aromatic N) is 2. The Hall–Kier alpha value is -3.36. The fourth-order valence-electron chi connectivity index (χ4n) is 3.88. The van der Waals surface area contributed by atoms with Crippen LogP contribution in [0.1, 0.15) is 31.9 Å². The SMILES string of the molecule is Cc1cccc(N(CC(=O)N(Cc2ccccc2Cl)[C@@H](C)C(=O)NCC(C)C)S(=O)(=O)c2ccccc2)c1. The zero-order valence-electron chi connectivity index (χ0n) is 22.1. The van der Waals surface area contributed by atoms with Crippen molar-refractivity contribution in [1.29, 1.82) is 0 Å². The third kappa shape index (κ3) is 7.36. The molecule has 1 N–H and O–H groups in total. The number of rotatable bonds is 11. The lowest BCUT2D eigenvalue weighted by molar-refractivity contribution is -0.139. The number of anilines is 1. The van der Waals surface area contributed by atoms with Crippen molar-refractivity contribution in [1.82, 2.24) is 10.2 Å². The third-order valence-corrected chi connectivity index (χ3v) is 8.21. The molecule has 202 valence electrons. The van der Waals surface area contributed by atoms with E-state index in [1.54, 1.807) is 67.6 Å². The Labute approximate surface area is 230 Å². The summed E-state index contributed by atoms with van der Waals surface area (Å²) in [6.45, 7) is 7.44. The number of halogens is 1. The summed E-state index contributed by atoms with van der Waals surface area (Å²) in [5, 5.41) is 3.32. The van der Waals surface area contributed by atoms with Gasteiger partial charge in [-0.1, -0.05) is 74.0 Å². The maximum atomic E-state index is 13.9. The van der Waals surface area contributed by atoms with E-state index in [0.29, 0.717) is 22.8 Å². The molecule has 3 aromatic carbocycles. The van der Waals surface area contributed by atoms with Crippen LogP contribution in [0.2, 0.25) is 5.02 Å². The number of hydrogen-bond donors (Lipinski definition) is 1. The smallest absolute Gasteiger partial charge is 0.264 e. The van der Waals surface area contributed by atoms with Crippen molar-refractivity contribution in [3.05, 3.63) is 95.0 Å². The van der Waals surface area contributed by atoms with Gasteiger partial charge in [-0.05, 0) is 61.2 Å². The van der Waals surface area contributed by atoms with Crippen molar-refractivity contribution in [2.75, 3.05) is 17.4 Å². The van der Waals surface area contributed by atoms with E-state index in [1.165, 1.54) is 17.0 Å². The Morgan fingerprint density at radius 3 is 2.21 bits per heavy atom. The molecule has 3 aromatic rings. The van der Waals surface area contributed by atoms with Gasteiger partial charge in [0, 0.05) is 18.1 Å². The summed E-state index contributed by atoms with van der Waals surface area (Å²) in [7, 11) is -4.09. The molecule has 1 atom stereocenters. The van der Waals surface area contributed by atoms with E-state index in [4.69, 9.17) is 11.6 Å². The van der Waals surface area contributed by atoms with Gasteiger partial charge >= 0.3 is 0 Å². The summed E-state index contributed by atoms with van der Waals surface area (Å²) in [5.74, 6) is -0.628. The van der Waals surface area contributed by atoms with E-state index in [9.17, 15) is 18.0 Å². The summed E-state index contributed by atoms with van der Waals surface area (Å²) in [5.41, 5.74) is 1.86. The quantitative estimate of drug-likeness (QED) is 0.359. The lowest BCUT2D eigenvalue weighted by Crippen LogP contribution is -2.51. The van der Waals surface area contributed by atoms with Crippen molar-refractivity contribution >= 4 is 39.1 Å². The molecular formula is C29H34ClN3O4S. The van der Waals surface area contributed by atoms with E-state index >= 15 is 0 Å². The molecule has 0 aliphatic heterocycles. The second-order valence-electron chi connectivity index (χ2n) is 9.59. The Morgan fingerprint density at radius 2 is 1.58 bits per heavy atom. The standard InChI is InChI=1S/C29H34ClN3O4S/c1-21(2)18-31-29(35)23(4)32(19-24-12-8-9-16-27(24)30)28(34)20-33(25-13-10-11-22(3)17-25)38(36,37)26-14-6-5-7-15-26/h5-17,21,23H,18-20H2,1-4H3,(H,31,35)/t23-/m0/s1. The molecule has 0 saturated carbocycles. The topological polar surface area (TPSA) is 86.8 Å². The van der Waals surface area contributed by atoms with Gasteiger partial charge in [-0.3, -0.25) is 13.9 Å². The van der Waals surface area contributed by atoms with E-state index in [-0.39, 0.29) is 23.3 Å². The number of sulfonamides is 1. The zero-order chi connectivity index (χ0) is 27.9. The Bertz CT molecular complexity index is 1360. The molecule has 3 rings (SSSR count). The Morgan fingerprint density at radius 1 is 0.921 bits per heavy atom.